The van der Waals surface area contributed by atoms with Crippen molar-refractivity contribution in [1.29, 1.82) is 0 Å². The first kappa shape index (κ1) is 15.1. The van der Waals surface area contributed by atoms with Gasteiger partial charge in [-0.2, -0.15) is 0 Å². The summed E-state index contributed by atoms with van der Waals surface area (Å²) < 4.78 is 0. The molecule has 0 bridgehead atoms. The van der Waals surface area contributed by atoms with Crippen LogP contribution in [-0.2, 0) is 16.0 Å². The molecule has 1 amide bonds. The summed E-state index contributed by atoms with van der Waals surface area (Å²) in [4.78, 5) is 21.9. The van der Waals surface area contributed by atoms with Crippen LogP contribution in [0.1, 0.15) is 12.0 Å². The molecule has 0 fully saturated rings. The van der Waals surface area contributed by atoms with Crippen molar-refractivity contribution in [3.8, 4) is 0 Å². The highest BCUT2D eigenvalue weighted by molar-refractivity contribution is 5.82. The Hall–Kier alpha value is -1.92. The molecule has 0 heterocycles. The van der Waals surface area contributed by atoms with Gasteiger partial charge in [-0.25, -0.2) is 4.79 Å². The molecule has 104 valence electrons. The maximum Gasteiger partial charge on any atom is 0.334 e. The number of aryl methyl sites for hydroxylation is 1. The van der Waals surface area contributed by atoms with Gasteiger partial charge in [0.2, 0.25) is 5.91 Å². The minimum Gasteiger partial charge on any atom is -0.479 e. The van der Waals surface area contributed by atoms with Crippen molar-refractivity contribution in [2.75, 3.05) is 6.54 Å². The van der Waals surface area contributed by atoms with Crippen LogP contribution in [0.3, 0.4) is 0 Å². The normalized spacial score (nSPS) is 13.6. The zero-order valence-corrected chi connectivity index (χ0v) is 10.5. The molecular formula is C13H18N2O4. The summed E-state index contributed by atoms with van der Waals surface area (Å²) >= 11 is 0. The molecule has 0 aromatic heterocycles. The number of rotatable bonds is 7. The van der Waals surface area contributed by atoms with Crippen molar-refractivity contribution >= 4 is 11.9 Å². The number of aliphatic hydroxyl groups is 1. The van der Waals surface area contributed by atoms with Crippen molar-refractivity contribution in [3.63, 3.8) is 0 Å². The molecule has 0 aliphatic heterocycles. The monoisotopic (exact) mass is 266 g/mol. The average molecular weight is 266 g/mol. The molecule has 1 unspecified atom stereocenters. The van der Waals surface area contributed by atoms with Crippen LogP contribution >= 0.6 is 0 Å². The van der Waals surface area contributed by atoms with E-state index >= 15 is 0 Å². The van der Waals surface area contributed by atoms with E-state index in [0.717, 1.165) is 5.56 Å². The molecule has 6 nitrogen and oxygen atoms in total. The third kappa shape index (κ3) is 5.50. The van der Waals surface area contributed by atoms with Crippen molar-refractivity contribution in [2.24, 2.45) is 5.73 Å². The first-order valence-corrected chi connectivity index (χ1v) is 5.99. The van der Waals surface area contributed by atoms with Crippen LogP contribution in [0, 0.1) is 0 Å². The third-order valence-corrected chi connectivity index (χ3v) is 2.68. The number of benzene rings is 1. The smallest absolute Gasteiger partial charge is 0.334 e. The van der Waals surface area contributed by atoms with E-state index in [2.05, 4.69) is 5.32 Å². The van der Waals surface area contributed by atoms with Gasteiger partial charge in [-0.3, -0.25) is 4.79 Å². The molecule has 6 heteroatoms. The molecule has 0 saturated heterocycles. The quantitative estimate of drug-likeness (QED) is 0.532. The zero-order valence-electron chi connectivity index (χ0n) is 10.5. The number of nitrogens with two attached hydrogens (primary N) is 1. The lowest BCUT2D eigenvalue weighted by molar-refractivity contribution is -0.146. The summed E-state index contributed by atoms with van der Waals surface area (Å²) in [6, 6.07) is 8.89. The van der Waals surface area contributed by atoms with Crippen molar-refractivity contribution in [1.82, 2.24) is 5.32 Å². The predicted molar refractivity (Wildman–Crippen MR) is 69.4 cm³/mol. The molecule has 0 spiro atoms. The number of carbonyl (C=O) groups is 2. The number of hydrogen-bond acceptors (Lipinski definition) is 4. The van der Waals surface area contributed by atoms with Gasteiger partial charge >= 0.3 is 5.97 Å². The van der Waals surface area contributed by atoms with Crippen molar-refractivity contribution < 1.29 is 19.8 Å². The Balaban J connectivity index is 2.31. The first-order chi connectivity index (χ1) is 9.00. The number of nitrogens with one attached hydrogen (secondary N) is 1. The first-order valence-electron chi connectivity index (χ1n) is 5.99. The SMILES string of the molecule is N[C@@H](CCc1ccccc1)C(=O)NCC(O)C(=O)O. The van der Waals surface area contributed by atoms with Gasteiger partial charge in [-0.15, -0.1) is 0 Å². The highest BCUT2D eigenvalue weighted by atomic mass is 16.4. The maximum atomic E-state index is 11.6. The molecule has 5 N–H and O–H groups in total. The highest BCUT2D eigenvalue weighted by Gasteiger charge is 2.17. The molecule has 19 heavy (non-hydrogen) atoms. The van der Waals surface area contributed by atoms with E-state index < -0.39 is 24.0 Å². The number of amides is 1. The lowest BCUT2D eigenvalue weighted by atomic mass is 10.1. The Kier molecular flexibility index (Phi) is 5.98. The Bertz CT molecular complexity index is 422. The lowest BCUT2D eigenvalue weighted by Crippen LogP contribution is -2.45. The number of carboxylic acid groups (broad SMARTS) is 1. The highest BCUT2D eigenvalue weighted by Crippen LogP contribution is 2.04. The Morgan fingerprint density at radius 3 is 2.47 bits per heavy atom. The van der Waals surface area contributed by atoms with Crippen LogP contribution in [0.4, 0.5) is 0 Å². The second-order valence-corrected chi connectivity index (χ2v) is 4.23. The van der Waals surface area contributed by atoms with E-state index in [-0.39, 0.29) is 6.54 Å². The number of aliphatic hydroxyl groups excluding tert-OH is 1. The second-order valence-electron chi connectivity index (χ2n) is 4.23. The summed E-state index contributed by atoms with van der Waals surface area (Å²) in [5.41, 5.74) is 6.77. The molecular weight excluding hydrogens is 248 g/mol. The van der Waals surface area contributed by atoms with Crippen molar-refractivity contribution in [3.05, 3.63) is 35.9 Å². The van der Waals surface area contributed by atoms with Gasteiger partial charge in [0.1, 0.15) is 0 Å². The largest absolute Gasteiger partial charge is 0.479 e. The minimum atomic E-state index is -1.61. The van der Waals surface area contributed by atoms with E-state index in [4.69, 9.17) is 15.9 Å². The molecule has 0 radical (unpaired) electrons. The topological polar surface area (TPSA) is 113 Å². The second kappa shape index (κ2) is 7.50. The summed E-state index contributed by atoms with van der Waals surface area (Å²) in [7, 11) is 0. The van der Waals surface area contributed by atoms with Gasteiger partial charge in [0.25, 0.3) is 0 Å². The van der Waals surface area contributed by atoms with Gasteiger partial charge < -0.3 is 21.3 Å². The molecule has 1 aromatic rings. The van der Waals surface area contributed by atoms with Crippen LogP contribution in [0.15, 0.2) is 30.3 Å². The number of carbonyl (C=O) groups excluding carboxylic acids is 1. The van der Waals surface area contributed by atoms with Gasteiger partial charge in [0, 0.05) is 0 Å². The van der Waals surface area contributed by atoms with E-state index in [1.165, 1.54) is 0 Å². The zero-order chi connectivity index (χ0) is 14.3. The van der Waals surface area contributed by atoms with Crippen LogP contribution in [0.2, 0.25) is 0 Å². The molecule has 1 aromatic carbocycles. The summed E-state index contributed by atoms with van der Waals surface area (Å²) in [6.07, 6.45) is -0.485. The van der Waals surface area contributed by atoms with Gasteiger partial charge in [0.05, 0.1) is 12.6 Å². The summed E-state index contributed by atoms with van der Waals surface area (Å²) in [5, 5.41) is 19.8. The van der Waals surface area contributed by atoms with Crippen LogP contribution in [-0.4, -0.2) is 40.8 Å². The molecule has 0 saturated carbocycles. The van der Waals surface area contributed by atoms with E-state index in [0.29, 0.717) is 12.8 Å². The fourth-order valence-electron chi connectivity index (χ4n) is 1.51. The van der Waals surface area contributed by atoms with Crippen LogP contribution in [0.5, 0.6) is 0 Å². The average Bonchev–Trinajstić information content (AvgIpc) is 2.42. The minimum absolute atomic E-state index is 0.340. The number of hydrogen-bond donors (Lipinski definition) is 4. The standard InChI is InChI=1S/C13H18N2O4/c14-10(7-6-9-4-2-1-3-5-9)12(17)15-8-11(16)13(18)19/h1-5,10-11,16H,6-8,14H2,(H,15,17)(H,18,19)/t10-,11?/m0/s1. The number of carboxylic acids is 1. The van der Waals surface area contributed by atoms with Gasteiger partial charge in [-0.05, 0) is 18.4 Å². The Morgan fingerprint density at radius 2 is 1.89 bits per heavy atom. The molecule has 0 aliphatic rings. The molecule has 2 atom stereocenters. The maximum absolute atomic E-state index is 11.6. The van der Waals surface area contributed by atoms with Gasteiger partial charge in [0.15, 0.2) is 6.10 Å². The molecule has 0 aliphatic carbocycles. The van der Waals surface area contributed by atoms with Gasteiger partial charge in [-0.1, -0.05) is 30.3 Å². The summed E-state index contributed by atoms with van der Waals surface area (Å²) in [5.74, 6) is -1.84. The summed E-state index contributed by atoms with van der Waals surface area (Å²) in [6.45, 7) is -0.340. The van der Waals surface area contributed by atoms with Crippen LogP contribution < -0.4 is 11.1 Å². The Morgan fingerprint density at radius 1 is 1.26 bits per heavy atom. The van der Waals surface area contributed by atoms with Crippen LogP contribution in [0.25, 0.3) is 0 Å². The fraction of sp³-hybridized carbons (Fsp3) is 0.385. The Labute approximate surface area is 111 Å². The van der Waals surface area contributed by atoms with E-state index in [1.54, 1.807) is 0 Å². The predicted octanol–water partition coefficient (Wildman–Crippen LogP) is -0.492. The lowest BCUT2D eigenvalue weighted by Gasteiger charge is -2.13. The van der Waals surface area contributed by atoms with E-state index in [1.807, 2.05) is 30.3 Å². The fourth-order valence-corrected chi connectivity index (χ4v) is 1.51. The van der Waals surface area contributed by atoms with E-state index in [9.17, 15) is 9.59 Å². The number of aliphatic carboxylic acids is 1. The third-order valence-electron chi connectivity index (χ3n) is 2.68. The van der Waals surface area contributed by atoms with Crippen molar-refractivity contribution in [2.45, 2.75) is 25.0 Å². The molecule has 1 rings (SSSR count).